The zero-order valence-electron chi connectivity index (χ0n) is 21.6. The molecule has 37 heavy (non-hydrogen) atoms. The van der Waals surface area contributed by atoms with E-state index in [0.29, 0.717) is 52.2 Å². The number of nitrogens with two attached hydrogens (primary N) is 4. The van der Waals surface area contributed by atoms with Crippen molar-refractivity contribution in [3.63, 3.8) is 0 Å². The van der Waals surface area contributed by atoms with Gasteiger partial charge in [0.15, 0.2) is 0 Å². The first kappa shape index (κ1) is 30.0. The summed E-state index contributed by atoms with van der Waals surface area (Å²) in [6, 6.07) is 7.78. The van der Waals surface area contributed by atoms with E-state index in [9.17, 15) is 19.2 Å². The summed E-state index contributed by atoms with van der Waals surface area (Å²) in [5.41, 5.74) is 24.1. The number of nitrogens with one attached hydrogen (secondary N) is 1. The van der Waals surface area contributed by atoms with Gasteiger partial charge in [0.25, 0.3) is 0 Å². The molecule has 0 bridgehead atoms. The van der Waals surface area contributed by atoms with Crippen molar-refractivity contribution in [3.8, 4) is 0 Å². The van der Waals surface area contributed by atoms with Crippen LogP contribution in [0.1, 0.15) is 5.56 Å². The third kappa shape index (κ3) is 11.6. The van der Waals surface area contributed by atoms with Gasteiger partial charge in [0.05, 0.1) is 26.2 Å². The molecule has 1 unspecified atom stereocenters. The highest BCUT2D eigenvalue weighted by Gasteiger charge is 2.26. The average Bonchev–Trinajstić information content (AvgIpc) is 2.81. The minimum absolute atomic E-state index is 0.0158. The Hall–Kier alpha value is -3.26. The molecule has 206 valence electrons. The predicted molar refractivity (Wildman–Crippen MR) is 141 cm³/mol. The Morgan fingerprint density at radius 2 is 1.14 bits per heavy atom. The van der Waals surface area contributed by atoms with Gasteiger partial charge in [0.1, 0.15) is 0 Å². The van der Waals surface area contributed by atoms with Crippen molar-refractivity contribution in [1.82, 2.24) is 19.6 Å². The van der Waals surface area contributed by atoms with Gasteiger partial charge in [0.2, 0.25) is 23.6 Å². The number of primary amides is 4. The number of nitrogens with zero attached hydrogens (tertiary/aromatic N) is 4. The molecule has 1 fully saturated rings. The maximum absolute atomic E-state index is 12.0. The second kappa shape index (κ2) is 15.1. The summed E-state index contributed by atoms with van der Waals surface area (Å²) in [6.45, 7) is 3.30. The Morgan fingerprint density at radius 3 is 1.59 bits per heavy atom. The van der Waals surface area contributed by atoms with Gasteiger partial charge in [-0.3, -0.25) is 38.8 Å². The minimum Gasteiger partial charge on any atom is -0.388 e. The molecule has 9 N–H and O–H groups in total. The van der Waals surface area contributed by atoms with E-state index in [1.54, 1.807) is 0 Å². The second-order valence-corrected chi connectivity index (χ2v) is 9.43. The highest BCUT2D eigenvalue weighted by molar-refractivity contribution is 5.77. The molecular weight excluding hydrogens is 478 g/mol. The normalized spacial score (nSPS) is 19.4. The van der Waals surface area contributed by atoms with Crippen LogP contribution >= 0.6 is 0 Å². The summed E-state index contributed by atoms with van der Waals surface area (Å²) >= 11 is 0. The molecule has 1 aliphatic rings. The quantitative estimate of drug-likeness (QED) is 0.200. The van der Waals surface area contributed by atoms with E-state index < -0.39 is 23.6 Å². The first-order chi connectivity index (χ1) is 17.5. The number of benzene rings is 1. The van der Waals surface area contributed by atoms with E-state index in [1.165, 1.54) is 0 Å². The predicted octanol–water partition coefficient (Wildman–Crippen LogP) is -3.20. The summed E-state index contributed by atoms with van der Waals surface area (Å²) in [6.07, 6.45) is 0.591. The van der Waals surface area contributed by atoms with Gasteiger partial charge in [0, 0.05) is 64.6 Å². The van der Waals surface area contributed by atoms with Crippen LogP contribution in [0.4, 0.5) is 5.69 Å². The lowest BCUT2D eigenvalue weighted by Gasteiger charge is -2.38. The van der Waals surface area contributed by atoms with Crippen LogP contribution in [0, 0.1) is 0 Å². The molecular formula is C24H41N9O4. The fourth-order valence-electron chi connectivity index (χ4n) is 4.55. The Bertz CT molecular complexity index is 912. The second-order valence-electron chi connectivity index (χ2n) is 9.43. The topological polar surface area (TPSA) is 197 Å². The molecule has 1 aromatic carbocycles. The van der Waals surface area contributed by atoms with E-state index in [-0.39, 0.29) is 32.2 Å². The van der Waals surface area contributed by atoms with Crippen LogP contribution in [0.5, 0.6) is 0 Å². The number of rotatable bonds is 11. The number of anilines is 1. The van der Waals surface area contributed by atoms with E-state index in [2.05, 4.69) is 5.32 Å². The van der Waals surface area contributed by atoms with E-state index in [4.69, 9.17) is 22.9 Å². The fraction of sp³-hybridized carbons (Fsp3) is 0.583. The van der Waals surface area contributed by atoms with E-state index >= 15 is 0 Å². The Kier molecular flexibility index (Phi) is 12.2. The summed E-state index contributed by atoms with van der Waals surface area (Å²) in [5.74, 6) is -1.88. The Labute approximate surface area is 218 Å². The van der Waals surface area contributed by atoms with Gasteiger partial charge in [-0.05, 0) is 24.1 Å². The van der Waals surface area contributed by atoms with Crippen LogP contribution in [0.25, 0.3) is 0 Å². The highest BCUT2D eigenvalue weighted by atomic mass is 16.2. The molecule has 0 spiro atoms. The van der Waals surface area contributed by atoms with Crippen LogP contribution in [0.3, 0.4) is 0 Å². The maximum atomic E-state index is 12.0. The third-order valence-corrected chi connectivity index (χ3v) is 6.36. The molecule has 13 nitrogen and oxygen atoms in total. The minimum atomic E-state index is -0.474. The standard InChI is InChI=1S/C24H41N9O4/c1-29-19-4-2-18(3-5-19)12-20-13-32(16-23(27)36)9-8-30(14-21(25)34)6-7-31(15-22(26)35)10-11-33(20)17-24(28)37/h2-5,20,29H,6-17H2,1H3,(H2,25,34)(H2,26,35)(H2,27,36)(H2,28,37). The molecule has 0 radical (unpaired) electrons. The SMILES string of the molecule is CNc1ccc(CC2CN(CC(N)=O)CCN(CC(N)=O)CCN(CC(N)=O)CCN2CC(N)=O)cc1. The molecule has 1 atom stereocenters. The summed E-state index contributed by atoms with van der Waals surface area (Å²) in [4.78, 5) is 55.0. The Balaban J connectivity index is 2.39. The van der Waals surface area contributed by atoms with Gasteiger partial charge in [-0.1, -0.05) is 12.1 Å². The van der Waals surface area contributed by atoms with E-state index in [1.807, 2.05) is 50.9 Å². The largest absolute Gasteiger partial charge is 0.388 e. The third-order valence-electron chi connectivity index (χ3n) is 6.36. The van der Waals surface area contributed by atoms with Crippen molar-refractivity contribution in [3.05, 3.63) is 29.8 Å². The molecule has 1 saturated heterocycles. The van der Waals surface area contributed by atoms with Crippen molar-refractivity contribution in [2.75, 3.05) is 84.4 Å². The lowest BCUT2D eigenvalue weighted by atomic mass is 10.0. The number of carbonyl (C=O) groups excluding carboxylic acids is 4. The number of carbonyl (C=O) groups is 4. The maximum Gasteiger partial charge on any atom is 0.231 e. The molecule has 1 heterocycles. The molecule has 0 aromatic heterocycles. The highest BCUT2D eigenvalue weighted by Crippen LogP contribution is 2.15. The van der Waals surface area contributed by atoms with Gasteiger partial charge < -0.3 is 28.3 Å². The van der Waals surface area contributed by atoms with Crippen LogP contribution < -0.4 is 28.3 Å². The molecule has 1 aliphatic heterocycles. The van der Waals surface area contributed by atoms with Crippen LogP contribution in [0.15, 0.2) is 24.3 Å². The summed E-state index contributed by atoms with van der Waals surface area (Å²) in [5, 5.41) is 3.09. The monoisotopic (exact) mass is 519 g/mol. The molecule has 13 heteroatoms. The first-order valence-corrected chi connectivity index (χ1v) is 12.4. The number of amides is 4. The van der Waals surface area contributed by atoms with Gasteiger partial charge in [-0.15, -0.1) is 0 Å². The van der Waals surface area contributed by atoms with Gasteiger partial charge in [-0.25, -0.2) is 0 Å². The van der Waals surface area contributed by atoms with Crippen molar-refractivity contribution in [1.29, 1.82) is 0 Å². The van der Waals surface area contributed by atoms with E-state index in [0.717, 1.165) is 11.3 Å². The van der Waals surface area contributed by atoms with Crippen molar-refractivity contribution in [2.24, 2.45) is 22.9 Å². The van der Waals surface area contributed by atoms with Crippen LogP contribution in [0.2, 0.25) is 0 Å². The Morgan fingerprint density at radius 1 is 0.703 bits per heavy atom. The van der Waals surface area contributed by atoms with Crippen molar-refractivity contribution < 1.29 is 19.2 Å². The molecule has 4 amide bonds. The van der Waals surface area contributed by atoms with Crippen LogP contribution in [-0.2, 0) is 25.6 Å². The van der Waals surface area contributed by atoms with Crippen molar-refractivity contribution in [2.45, 2.75) is 12.5 Å². The smallest absolute Gasteiger partial charge is 0.231 e. The van der Waals surface area contributed by atoms with Crippen LogP contribution in [-0.4, -0.2) is 128 Å². The molecule has 2 rings (SSSR count). The van der Waals surface area contributed by atoms with Gasteiger partial charge >= 0.3 is 0 Å². The molecule has 1 aromatic rings. The first-order valence-electron chi connectivity index (χ1n) is 12.4. The van der Waals surface area contributed by atoms with Crippen molar-refractivity contribution >= 4 is 29.3 Å². The lowest BCUT2D eigenvalue weighted by Crippen LogP contribution is -2.54. The zero-order chi connectivity index (χ0) is 27.4. The molecule has 0 saturated carbocycles. The summed E-state index contributed by atoms with van der Waals surface area (Å²) in [7, 11) is 1.84. The summed E-state index contributed by atoms with van der Waals surface area (Å²) < 4.78 is 0. The fourth-order valence-corrected chi connectivity index (χ4v) is 4.55. The number of hydrogen-bond donors (Lipinski definition) is 5. The zero-order valence-corrected chi connectivity index (χ0v) is 21.6. The molecule has 0 aliphatic carbocycles. The number of hydrogen-bond acceptors (Lipinski definition) is 9. The lowest BCUT2D eigenvalue weighted by molar-refractivity contribution is -0.122. The van der Waals surface area contributed by atoms with Gasteiger partial charge in [-0.2, -0.15) is 0 Å². The average molecular weight is 520 g/mol.